The van der Waals surface area contributed by atoms with E-state index in [4.69, 9.17) is 31.8 Å². The molecule has 1 aromatic carbocycles. The van der Waals surface area contributed by atoms with Gasteiger partial charge in [-0.25, -0.2) is 4.99 Å². The summed E-state index contributed by atoms with van der Waals surface area (Å²) in [5, 5.41) is 3.87. The number of ether oxygens (including phenoxy) is 2. The van der Waals surface area contributed by atoms with Crippen molar-refractivity contribution in [2.75, 3.05) is 26.4 Å². The van der Waals surface area contributed by atoms with Crippen molar-refractivity contribution >= 4 is 47.4 Å². The second-order valence-corrected chi connectivity index (χ2v) is 7.01. The van der Waals surface area contributed by atoms with Gasteiger partial charge in [-0.2, -0.15) is 0 Å². The van der Waals surface area contributed by atoms with Crippen LogP contribution in [0.4, 0.5) is 0 Å². The number of carbonyl (C=O) groups excluding carboxylic acids is 1. The number of halogens is 2. The molecule has 0 aliphatic carbocycles. The topological polar surface area (TPSA) is 89.2 Å². The maximum absolute atomic E-state index is 11.2. The van der Waals surface area contributed by atoms with Crippen LogP contribution in [0.25, 0.3) is 0 Å². The molecule has 2 heterocycles. The molecule has 0 radical (unpaired) electrons. The van der Waals surface area contributed by atoms with E-state index in [0.717, 1.165) is 44.0 Å². The number of likely N-dealkylation sites (tertiary alicyclic amines) is 1. The zero-order valence-electron chi connectivity index (χ0n) is 15.4. The van der Waals surface area contributed by atoms with Crippen LogP contribution in [-0.4, -0.2) is 43.2 Å². The van der Waals surface area contributed by atoms with Crippen molar-refractivity contribution in [2.45, 2.75) is 32.7 Å². The number of nitrogens with two attached hydrogens (primary N) is 1. The van der Waals surface area contributed by atoms with E-state index in [9.17, 15) is 4.79 Å². The van der Waals surface area contributed by atoms with Gasteiger partial charge in [0.05, 0.1) is 11.6 Å². The van der Waals surface area contributed by atoms with Crippen LogP contribution in [0.3, 0.4) is 0 Å². The predicted octanol–water partition coefficient (Wildman–Crippen LogP) is 2.74. The van der Waals surface area contributed by atoms with Gasteiger partial charge in [-0.1, -0.05) is 11.6 Å². The fourth-order valence-corrected chi connectivity index (χ4v) is 3.70. The Balaban J connectivity index is 0.00000261. The third kappa shape index (κ3) is 5.78. The normalized spacial score (nSPS) is 18.8. The number of carbonyl (C=O) groups is 1. The number of piperidine rings is 1. The second kappa shape index (κ2) is 10.2. The fraction of sp³-hybridized carbons (Fsp3) is 0.556. The van der Waals surface area contributed by atoms with Crippen LogP contribution in [0.1, 0.15) is 31.7 Å². The number of guanidine groups is 1. The predicted molar refractivity (Wildman–Crippen MR) is 116 cm³/mol. The van der Waals surface area contributed by atoms with Gasteiger partial charge in [0.25, 0.3) is 0 Å². The highest BCUT2D eigenvalue weighted by Gasteiger charge is 2.24. The Labute approximate surface area is 181 Å². The van der Waals surface area contributed by atoms with Crippen molar-refractivity contribution in [2.24, 2.45) is 16.6 Å². The highest BCUT2D eigenvalue weighted by Crippen LogP contribution is 2.39. The van der Waals surface area contributed by atoms with Crippen molar-refractivity contribution in [1.29, 1.82) is 0 Å². The molecular formula is C18H26ClIN4O3. The SMILES string of the molecule is CCNC(=NCc1cc(Cl)c2c(c1)OCO2)N1CCCC(CC(N)=O)C1.I. The van der Waals surface area contributed by atoms with Crippen LogP contribution in [0.2, 0.25) is 5.02 Å². The highest BCUT2D eigenvalue weighted by molar-refractivity contribution is 14.0. The van der Waals surface area contributed by atoms with Gasteiger partial charge < -0.3 is 25.4 Å². The zero-order valence-corrected chi connectivity index (χ0v) is 18.5. The summed E-state index contributed by atoms with van der Waals surface area (Å²) in [7, 11) is 0. The molecule has 1 atom stereocenters. The Morgan fingerprint density at radius 2 is 2.26 bits per heavy atom. The number of aliphatic imine (C=N–C) groups is 1. The lowest BCUT2D eigenvalue weighted by Gasteiger charge is -2.34. The number of rotatable bonds is 5. The first-order valence-electron chi connectivity index (χ1n) is 8.96. The lowest BCUT2D eigenvalue weighted by molar-refractivity contribution is -0.119. The van der Waals surface area contributed by atoms with Crippen molar-refractivity contribution in [3.05, 3.63) is 22.7 Å². The summed E-state index contributed by atoms with van der Waals surface area (Å²) in [5.41, 5.74) is 6.32. The van der Waals surface area contributed by atoms with Crippen molar-refractivity contribution in [3.8, 4) is 11.5 Å². The van der Waals surface area contributed by atoms with Crippen LogP contribution in [0, 0.1) is 5.92 Å². The number of nitrogens with one attached hydrogen (secondary N) is 1. The molecule has 2 aliphatic heterocycles. The zero-order chi connectivity index (χ0) is 18.5. The van der Waals surface area contributed by atoms with E-state index >= 15 is 0 Å². The summed E-state index contributed by atoms with van der Waals surface area (Å²) in [5.74, 6) is 2.14. The molecule has 2 aliphatic rings. The first kappa shape index (κ1) is 21.9. The van der Waals surface area contributed by atoms with E-state index < -0.39 is 0 Å². The molecule has 0 saturated carbocycles. The molecule has 7 nitrogen and oxygen atoms in total. The Morgan fingerprint density at radius 3 is 3.00 bits per heavy atom. The van der Waals surface area contributed by atoms with Gasteiger partial charge >= 0.3 is 0 Å². The number of benzene rings is 1. The second-order valence-electron chi connectivity index (χ2n) is 6.61. The van der Waals surface area contributed by atoms with Gasteiger partial charge in [-0.15, -0.1) is 24.0 Å². The number of fused-ring (bicyclic) bond motifs is 1. The summed E-state index contributed by atoms with van der Waals surface area (Å²) >= 11 is 6.24. The molecule has 0 spiro atoms. The summed E-state index contributed by atoms with van der Waals surface area (Å²) < 4.78 is 10.8. The number of nitrogens with zero attached hydrogens (tertiary/aromatic N) is 2. The molecule has 3 rings (SSSR count). The highest BCUT2D eigenvalue weighted by atomic mass is 127. The minimum absolute atomic E-state index is 0. The third-order valence-corrected chi connectivity index (χ3v) is 4.82. The molecule has 9 heteroatoms. The van der Waals surface area contributed by atoms with E-state index in [1.165, 1.54) is 0 Å². The Bertz CT molecular complexity index is 701. The van der Waals surface area contributed by atoms with Gasteiger partial charge in [0.1, 0.15) is 0 Å². The smallest absolute Gasteiger partial charge is 0.231 e. The average molecular weight is 509 g/mol. The monoisotopic (exact) mass is 508 g/mol. The third-order valence-electron chi connectivity index (χ3n) is 4.54. The minimum atomic E-state index is -0.242. The summed E-state index contributed by atoms with van der Waals surface area (Å²) in [6.45, 7) is 5.20. The number of amides is 1. The standard InChI is InChI=1S/C18H25ClN4O3.HI/c1-2-21-18(23-5-3-4-12(10-23)8-16(20)24)22-9-13-6-14(19)17-15(7-13)25-11-26-17;/h6-7,12H,2-5,8-11H2,1H3,(H2,20,24)(H,21,22);1H. The number of hydrogen-bond donors (Lipinski definition) is 2. The molecule has 1 fully saturated rings. The lowest BCUT2D eigenvalue weighted by atomic mass is 9.95. The number of primary amides is 1. The largest absolute Gasteiger partial charge is 0.454 e. The van der Waals surface area contributed by atoms with E-state index in [1.807, 2.05) is 19.1 Å². The maximum Gasteiger partial charge on any atom is 0.231 e. The van der Waals surface area contributed by atoms with Crippen molar-refractivity contribution < 1.29 is 14.3 Å². The van der Waals surface area contributed by atoms with Crippen LogP contribution >= 0.6 is 35.6 Å². The Kier molecular flexibility index (Phi) is 8.28. The van der Waals surface area contributed by atoms with Crippen LogP contribution in [0.5, 0.6) is 11.5 Å². The van der Waals surface area contributed by atoms with Crippen LogP contribution in [-0.2, 0) is 11.3 Å². The summed E-state index contributed by atoms with van der Waals surface area (Å²) in [6, 6.07) is 3.77. The van der Waals surface area contributed by atoms with Crippen molar-refractivity contribution in [3.63, 3.8) is 0 Å². The van der Waals surface area contributed by atoms with Crippen LogP contribution in [0.15, 0.2) is 17.1 Å². The molecule has 1 unspecified atom stereocenters. The molecule has 0 aromatic heterocycles. The van der Waals surface area contributed by atoms with E-state index in [0.29, 0.717) is 29.5 Å². The Hall–Kier alpha value is -1.42. The lowest BCUT2D eigenvalue weighted by Crippen LogP contribution is -2.47. The number of hydrogen-bond acceptors (Lipinski definition) is 4. The first-order valence-corrected chi connectivity index (χ1v) is 9.34. The Morgan fingerprint density at radius 1 is 1.44 bits per heavy atom. The molecule has 1 amide bonds. The molecule has 1 saturated heterocycles. The first-order chi connectivity index (χ1) is 12.6. The summed E-state index contributed by atoms with van der Waals surface area (Å²) in [6.07, 6.45) is 2.47. The van der Waals surface area contributed by atoms with Gasteiger partial charge in [0, 0.05) is 26.1 Å². The molecule has 1 aromatic rings. The fourth-order valence-electron chi connectivity index (χ4n) is 3.41. The molecule has 0 bridgehead atoms. The van der Waals surface area contributed by atoms with Gasteiger partial charge in [0.2, 0.25) is 12.7 Å². The quantitative estimate of drug-likeness (QED) is 0.363. The van der Waals surface area contributed by atoms with Crippen LogP contribution < -0.4 is 20.5 Å². The van der Waals surface area contributed by atoms with Crippen molar-refractivity contribution in [1.82, 2.24) is 10.2 Å². The molecule has 150 valence electrons. The van der Waals surface area contributed by atoms with Gasteiger partial charge in [0.15, 0.2) is 17.5 Å². The molecule has 3 N–H and O–H groups in total. The molecule has 27 heavy (non-hydrogen) atoms. The van der Waals surface area contributed by atoms with E-state index in [-0.39, 0.29) is 42.6 Å². The van der Waals surface area contributed by atoms with Gasteiger partial charge in [-0.05, 0) is 43.4 Å². The maximum atomic E-state index is 11.2. The van der Waals surface area contributed by atoms with Gasteiger partial charge in [-0.3, -0.25) is 4.79 Å². The molecular weight excluding hydrogens is 483 g/mol. The average Bonchev–Trinajstić information content (AvgIpc) is 3.07. The summed E-state index contributed by atoms with van der Waals surface area (Å²) in [4.78, 5) is 18.2. The van der Waals surface area contributed by atoms with E-state index in [2.05, 4.69) is 10.2 Å². The minimum Gasteiger partial charge on any atom is -0.454 e. The van der Waals surface area contributed by atoms with E-state index in [1.54, 1.807) is 0 Å².